The zero-order valence-electron chi connectivity index (χ0n) is 16.2. The molecule has 144 valence electrons. The average molecular weight is 417 g/mol. The highest BCUT2D eigenvalue weighted by Crippen LogP contribution is 2.28. The third-order valence-electron chi connectivity index (χ3n) is 4.16. The maximum atomic E-state index is 4.75. The number of pyridine rings is 4. The third-order valence-corrected chi connectivity index (χ3v) is 6.15. The molecule has 0 bridgehead atoms. The van der Waals surface area contributed by atoms with Crippen molar-refractivity contribution in [2.75, 3.05) is 5.08 Å². The van der Waals surface area contributed by atoms with E-state index in [4.69, 9.17) is 9.97 Å². The first kappa shape index (κ1) is 19.6. The Morgan fingerprint density at radius 3 is 1.31 bits per heavy atom. The van der Waals surface area contributed by atoms with Crippen LogP contribution in [0.25, 0.3) is 22.8 Å². The molecule has 4 nitrogen and oxygen atoms in total. The van der Waals surface area contributed by atoms with Gasteiger partial charge in [0.2, 0.25) is 0 Å². The molecule has 0 saturated carbocycles. The van der Waals surface area contributed by atoms with E-state index in [1.807, 2.05) is 86.6 Å². The predicted molar refractivity (Wildman–Crippen MR) is 121 cm³/mol. The molecule has 0 aromatic carbocycles. The number of aromatic nitrogens is 4. The highest BCUT2D eigenvalue weighted by atomic mass is 32.2. The van der Waals surface area contributed by atoms with E-state index in [1.165, 1.54) is 0 Å². The van der Waals surface area contributed by atoms with E-state index in [0.29, 0.717) is 0 Å². The van der Waals surface area contributed by atoms with Crippen LogP contribution in [0.4, 0.5) is 0 Å². The van der Waals surface area contributed by atoms with Crippen LogP contribution in [0.3, 0.4) is 0 Å². The van der Waals surface area contributed by atoms with Crippen molar-refractivity contribution >= 4 is 23.5 Å². The summed E-state index contributed by atoms with van der Waals surface area (Å²) < 4.78 is 0. The molecule has 0 spiro atoms. The fraction of sp³-hybridized carbons (Fsp3) is 0.130. The Balaban J connectivity index is 1.42. The van der Waals surface area contributed by atoms with Gasteiger partial charge in [-0.1, -0.05) is 47.8 Å². The van der Waals surface area contributed by atoms with E-state index in [2.05, 4.69) is 9.97 Å². The molecule has 0 amide bonds. The van der Waals surface area contributed by atoms with Gasteiger partial charge in [-0.3, -0.25) is 9.97 Å². The summed E-state index contributed by atoms with van der Waals surface area (Å²) in [7, 11) is 0. The second kappa shape index (κ2) is 9.20. The summed E-state index contributed by atoms with van der Waals surface area (Å²) in [5, 5.41) is 2.79. The minimum absolute atomic E-state index is 0.829. The second-order valence-electron chi connectivity index (χ2n) is 6.46. The summed E-state index contributed by atoms with van der Waals surface area (Å²) in [6, 6.07) is 24.1. The number of aryl methyl sites for hydroxylation is 2. The molecule has 0 atom stereocenters. The van der Waals surface area contributed by atoms with Gasteiger partial charge in [-0.15, -0.1) is 0 Å². The number of hydrogen-bond acceptors (Lipinski definition) is 6. The molecule has 0 radical (unpaired) electrons. The summed E-state index contributed by atoms with van der Waals surface area (Å²) in [5.41, 5.74) is 5.59. The number of rotatable bonds is 6. The van der Waals surface area contributed by atoms with Crippen molar-refractivity contribution in [2.24, 2.45) is 0 Å². The number of thioether (sulfide) groups is 2. The van der Waals surface area contributed by atoms with Crippen LogP contribution in [0.5, 0.6) is 0 Å². The van der Waals surface area contributed by atoms with Gasteiger partial charge < -0.3 is 0 Å². The molecular weight excluding hydrogens is 396 g/mol. The lowest BCUT2D eigenvalue weighted by molar-refractivity contribution is 1.10. The van der Waals surface area contributed by atoms with Gasteiger partial charge in [0.1, 0.15) is 0 Å². The van der Waals surface area contributed by atoms with Crippen LogP contribution in [0.2, 0.25) is 0 Å². The average Bonchev–Trinajstić information content (AvgIpc) is 2.74. The number of nitrogens with zero attached hydrogens (tertiary/aromatic N) is 4. The largest absolute Gasteiger partial charge is 0.251 e. The van der Waals surface area contributed by atoms with Gasteiger partial charge >= 0.3 is 0 Å². The Labute approximate surface area is 179 Å². The highest BCUT2D eigenvalue weighted by Gasteiger charge is 2.06. The molecule has 0 N–H and O–H groups in total. The van der Waals surface area contributed by atoms with Crippen molar-refractivity contribution in [3.63, 3.8) is 0 Å². The molecule has 0 saturated heterocycles. The van der Waals surface area contributed by atoms with E-state index in [0.717, 1.165) is 49.3 Å². The van der Waals surface area contributed by atoms with Gasteiger partial charge in [-0.05, 0) is 62.4 Å². The van der Waals surface area contributed by atoms with E-state index >= 15 is 0 Å². The predicted octanol–water partition coefficient (Wildman–Crippen LogP) is 6.06. The van der Waals surface area contributed by atoms with Gasteiger partial charge in [0, 0.05) is 11.4 Å². The lowest BCUT2D eigenvalue weighted by atomic mass is 10.2. The molecule has 0 fully saturated rings. The molecule has 4 heterocycles. The minimum atomic E-state index is 0.829. The molecular formula is C23H20N4S2. The molecule has 0 unspecified atom stereocenters. The highest BCUT2D eigenvalue weighted by molar-refractivity contribution is 8.15. The summed E-state index contributed by atoms with van der Waals surface area (Å²) in [4.78, 5) is 18.6. The molecule has 6 heteroatoms. The van der Waals surface area contributed by atoms with Crippen molar-refractivity contribution in [1.82, 2.24) is 19.9 Å². The van der Waals surface area contributed by atoms with E-state index < -0.39 is 0 Å². The Hall–Kier alpha value is -2.70. The fourth-order valence-corrected chi connectivity index (χ4v) is 4.67. The van der Waals surface area contributed by atoms with E-state index in [1.54, 1.807) is 23.5 Å². The Bertz CT molecular complexity index is 1040. The van der Waals surface area contributed by atoms with Crippen LogP contribution in [-0.4, -0.2) is 25.0 Å². The van der Waals surface area contributed by atoms with E-state index in [-0.39, 0.29) is 0 Å². The minimum Gasteiger partial charge on any atom is -0.251 e. The summed E-state index contributed by atoms with van der Waals surface area (Å²) >= 11 is 3.40. The quantitative estimate of drug-likeness (QED) is 0.281. The molecule has 0 aliphatic carbocycles. The summed E-state index contributed by atoms with van der Waals surface area (Å²) in [6.07, 6.45) is 0. The van der Waals surface area contributed by atoms with E-state index in [9.17, 15) is 0 Å². The third kappa shape index (κ3) is 5.22. The lowest BCUT2D eigenvalue weighted by Crippen LogP contribution is -1.91. The smallest absolute Gasteiger partial charge is 0.0976 e. The first-order chi connectivity index (χ1) is 14.2. The summed E-state index contributed by atoms with van der Waals surface area (Å²) in [6.45, 7) is 3.98. The lowest BCUT2D eigenvalue weighted by Gasteiger charge is -2.06. The first-order valence-electron chi connectivity index (χ1n) is 9.25. The number of hydrogen-bond donors (Lipinski definition) is 0. The Morgan fingerprint density at radius 1 is 0.517 bits per heavy atom. The standard InChI is InChI=1S/C23H20N4S2/c1-16-7-3-9-18(24-16)20-11-5-13-22(26-20)28-15-29-23-14-6-12-21(27-23)19-10-4-8-17(2)25-19/h3-14H,15H2,1-2H3. The fourth-order valence-electron chi connectivity index (χ4n) is 2.80. The van der Waals surface area contributed by atoms with Crippen LogP contribution in [-0.2, 0) is 0 Å². The topological polar surface area (TPSA) is 51.6 Å². The molecule has 29 heavy (non-hydrogen) atoms. The monoisotopic (exact) mass is 416 g/mol. The normalized spacial score (nSPS) is 10.8. The molecule has 0 aliphatic heterocycles. The van der Waals surface area contributed by atoms with Gasteiger partial charge in [0.05, 0.1) is 37.9 Å². The van der Waals surface area contributed by atoms with Crippen LogP contribution in [0.1, 0.15) is 11.4 Å². The van der Waals surface area contributed by atoms with Gasteiger partial charge in [0.15, 0.2) is 0 Å². The van der Waals surface area contributed by atoms with Crippen molar-refractivity contribution in [2.45, 2.75) is 23.9 Å². The van der Waals surface area contributed by atoms with Crippen molar-refractivity contribution in [3.8, 4) is 22.8 Å². The molecule has 0 aliphatic rings. The van der Waals surface area contributed by atoms with Gasteiger partial charge in [-0.2, -0.15) is 0 Å². The maximum Gasteiger partial charge on any atom is 0.0976 e. The van der Waals surface area contributed by atoms with Crippen molar-refractivity contribution in [1.29, 1.82) is 0 Å². The molecule has 4 aromatic heterocycles. The van der Waals surface area contributed by atoms with Crippen LogP contribution >= 0.6 is 23.5 Å². The SMILES string of the molecule is Cc1cccc(-c2cccc(SCSc3cccc(-c4cccc(C)n4)n3)n2)n1. The zero-order chi connectivity index (χ0) is 20.1. The second-order valence-corrected chi connectivity index (χ2v) is 8.81. The van der Waals surface area contributed by atoms with Crippen molar-refractivity contribution in [3.05, 3.63) is 84.2 Å². The van der Waals surface area contributed by atoms with Crippen LogP contribution in [0.15, 0.2) is 82.8 Å². The van der Waals surface area contributed by atoms with Crippen molar-refractivity contribution < 1.29 is 0 Å². The van der Waals surface area contributed by atoms with Crippen LogP contribution in [0, 0.1) is 13.8 Å². The van der Waals surface area contributed by atoms with Gasteiger partial charge in [-0.25, -0.2) is 9.97 Å². The molecule has 4 aromatic rings. The van der Waals surface area contributed by atoms with Crippen LogP contribution < -0.4 is 0 Å². The Morgan fingerprint density at radius 2 is 0.897 bits per heavy atom. The summed E-state index contributed by atoms with van der Waals surface area (Å²) in [5.74, 6) is 0. The first-order valence-corrected chi connectivity index (χ1v) is 11.2. The Kier molecular flexibility index (Phi) is 6.22. The zero-order valence-corrected chi connectivity index (χ0v) is 17.9. The maximum absolute atomic E-state index is 4.75. The van der Waals surface area contributed by atoms with Gasteiger partial charge in [0.25, 0.3) is 0 Å². The molecule has 4 rings (SSSR count).